The van der Waals surface area contributed by atoms with E-state index in [0.29, 0.717) is 5.02 Å². The van der Waals surface area contributed by atoms with Crippen LogP contribution in [0.3, 0.4) is 0 Å². The average Bonchev–Trinajstić information content (AvgIpc) is 2.19. The predicted molar refractivity (Wildman–Crippen MR) is 62.2 cm³/mol. The van der Waals surface area contributed by atoms with Crippen molar-refractivity contribution < 1.29 is 9.84 Å². The molecule has 15 heavy (non-hydrogen) atoms. The SMILES string of the molecule is CC[C@@H](OC)[C@H](O)c1c(C)cccc1Cl. The van der Waals surface area contributed by atoms with Gasteiger partial charge in [0.25, 0.3) is 0 Å². The fourth-order valence-corrected chi connectivity index (χ4v) is 2.06. The van der Waals surface area contributed by atoms with Gasteiger partial charge in [-0.3, -0.25) is 0 Å². The first-order valence-corrected chi connectivity index (χ1v) is 5.45. The Labute approximate surface area is 95.8 Å². The van der Waals surface area contributed by atoms with Crippen molar-refractivity contribution in [3.05, 3.63) is 34.3 Å². The molecule has 0 aliphatic rings. The zero-order valence-corrected chi connectivity index (χ0v) is 10.1. The highest BCUT2D eigenvalue weighted by molar-refractivity contribution is 6.31. The number of aliphatic hydroxyl groups is 1. The van der Waals surface area contributed by atoms with Crippen LogP contribution >= 0.6 is 11.6 Å². The molecule has 1 rings (SSSR count). The summed E-state index contributed by atoms with van der Waals surface area (Å²) in [6, 6.07) is 5.60. The molecule has 1 aromatic carbocycles. The van der Waals surface area contributed by atoms with E-state index in [0.717, 1.165) is 17.5 Å². The van der Waals surface area contributed by atoms with Gasteiger partial charge < -0.3 is 9.84 Å². The number of methoxy groups -OCH3 is 1. The summed E-state index contributed by atoms with van der Waals surface area (Å²) in [5.74, 6) is 0. The normalized spacial score (nSPS) is 15.0. The van der Waals surface area contributed by atoms with E-state index < -0.39 is 6.10 Å². The van der Waals surface area contributed by atoms with Gasteiger partial charge in [0, 0.05) is 17.7 Å². The topological polar surface area (TPSA) is 29.5 Å². The smallest absolute Gasteiger partial charge is 0.107 e. The summed E-state index contributed by atoms with van der Waals surface area (Å²) in [5.41, 5.74) is 1.76. The van der Waals surface area contributed by atoms with Crippen LogP contribution < -0.4 is 0 Å². The number of aryl methyl sites for hydroxylation is 1. The van der Waals surface area contributed by atoms with Gasteiger partial charge in [0.15, 0.2) is 0 Å². The van der Waals surface area contributed by atoms with Gasteiger partial charge in [-0.15, -0.1) is 0 Å². The quantitative estimate of drug-likeness (QED) is 0.858. The van der Waals surface area contributed by atoms with Crippen LogP contribution in [0.4, 0.5) is 0 Å². The van der Waals surface area contributed by atoms with E-state index in [4.69, 9.17) is 16.3 Å². The Bertz CT molecular complexity index is 301. The molecule has 0 saturated heterocycles. The second-order valence-electron chi connectivity index (χ2n) is 3.60. The van der Waals surface area contributed by atoms with E-state index in [1.165, 1.54) is 0 Å². The molecule has 1 N–H and O–H groups in total. The van der Waals surface area contributed by atoms with E-state index in [-0.39, 0.29) is 6.10 Å². The lowest BCUT2D eigenvalue weighted by atomic mass is 9.98. The van der Waals surface area contributed by atoms with Gasteiger partial charge in [-0.1, -0.05) is 30.7 Å². The maximum atomic E-state index is 10.1. The van der Waals surface area contributed by atoms with E-state index in [1.807, 2.05) is 26.0 Å². The number of benzene rings is 1. The molecule has 2 atom stereocenters. The van der Waals surface area contributed by atoms with Gasteiger partial charge in [0.2, 0.25) is 0 Å². The molecule has 0 aromatic heterocycles. The summed E-state index contributed by atoms with van der Waals surface area (Å²) >= 11 is 6.07. The molecule has 0 saturated carbocycles. The van der Waals surface area contributed by atoms with E-state index in [1.54, 1.807) is 13.2 Å². The third kappa shape index (κ3) is 2.71. The highest BCUT2D eigenvalue weighted by Crippen LogP contribution is 2.30. The van der Waals surface area contributed by atoms with Gasteiger partial charge in [-0.05, 0) is 25.0 Å². The third-order valence-corrected chi connectivity index (χ3v) is 2.95. The molecule has 0 aliphatic carbocycles. The Kier molecular flexibility index (Phi) is 4.58. The summed E-state index contributed by atoms with van der Waals surface area (Å²) in [6.07, 6.45) is -0.111. The predicted octanol–water partition coefficient (Wildman–Crippen LogP) is 3.11. The number of hydrogen-bond donors (Lipinski definition) is 1. The van der Waals surface area contributed by atoms with E-state index in [2.05, 4.69) is 0 Å². The summed E-state index contributed by atoms with van der Waals surface area (Å²) in [4.78, 5) is 0. The van der Waals surface area contributed by atoms with Crippen molar-refractivity contribution in [2.45, 2.75) is 32.5 Å². The van der Waals surface area contributed by atoms with Gasteiger partial charge in [-0.2, -0.15) is 0 Å². The highest BCUT2D eigenvalue weighted by atomic mass is 35.5. The average molecular weight is 229 g/mol. The minimum absolute atomic E-state index is 0.205. The molecule has 0 bridgehead atoms. The molecule has 0 fully saturated rings. The Morgan fingerprint density at radius 2 is 2.13 bits per heavy atom. The molecule has 0 spiro atoms. The maximum absolute atomic E-state index is 10.1. The van der Waals surface area contributed by atoms with Crippen molar-refractivity contribution in [1.29, 1.82) is 0 Å². The lowest BCUT2D eigenvalue weighted by molar-refractivity contribution is -0.0151. The summed E-state index contributed by atoms with van der Waals surface area (Å²) < 4.78 is 5.22. The molecule has 0 radical (unpaired) electrons. The Hall–Kier alpha value is -0.570. The van der Waals surface area contributed by atoms with Crippen molar-refractivity contribution in [2.75, 3.05) is 7.11 Å². The molecular formula is C12H17ClO2. The first kappa shape index (κ1) is 12.5. The maximum Gasteiger partial charge on any atom is 0.107 e. The van der Waals surface area contributed by atoms with Crippen LogP contribution in [0, 0.1) is 6.92 Å². The molecule has 2 nitrogen and oxygen atoms in total. The van der Waals surface area contributed by atoms with E-state index in [9.17, 15) is 5.11 Å². The lowest BCUT2D eigenvalue weighted by Gasteiger charge is -2.22. The fourth-order valence-electron chi connectivity index (χ4n) is 1.72. The summed E-state index contributed by atoms with van der Waals surface area (Å²) in [6.45, 7) is 3.91. The molecule has 3 heteroatoms. The number of halogens is 1. The molecule has 0 amide bonds. The van der Waals surface area contributed by atoms with Crippen molar-refractivity contribution in [2.24, 2.45) is 0 Å². The van der Waals surface area contributed by atoms with Gasteiger partial charge >= 0.3 is 0 Å². The Morgan fingerprint density at radius 3 is 2.60 bits per heavy atom. The zero-order chi connectivity index (χ0) is 11.4. The van der Waals surface area contributed by atoms with Crippen LogP contribution in [-0.4, -0.2) is 18.3 Å². The van der Waals surface area contributed by atoms with Crippen LogP contribution in [0.5, 0.6) is 0 Å². The van der Waals surface area contributed by atoms with Crippen LogP contribution in [0.15, 0.2) is 18.2 Å². The second-order valence-corrected chi connectivity index (χ2v) is 4.00. The fraction of sp³-hybridized carbons (Fsp3) is 0.500. The molecule has 0 aliphatic heterocycles. The zero-order valence-electron chi connectivity index (χ0n) is 9.33. The second kappa shape index (κ2) is 5.50. The van der Waals surface area contributed by atoms with Crippen molar-refractivity contribution >= 4 is 11.6 Å². The monoisotopic (exact) mass is 228 g/mol. The molecule has 0 unspecified atom stereocenters. The van der Waals surface area contributed by atoms with Crippen LogP contribution in [-0.2, 0) is 4.74 Å². The molecular weight excluding hydrogens is 212 g/mol. The van der Waals surface area contributed by atoms with E-state index >= 15 is 0 Å². The minimum atomic E-state index is -0.659. The van der Waals surface area contributed by atoms with Crippen LogP contribution in [0.25, 0.3) is 0 Å². The minimum Gasteiger partial charge on any atom is -0.386 e. The Morgan fingerprint density at radius 1 is 1.47 bits per heavy atom. The van der Waals surface area contributed by atoms with Crippen molar-refractivity contribution in [1.82, 2.24) is 0 Å². The molecule has 0 heterocycles. The number of rotatable bonds is 4. The van der Waals surface area contributed by atoms with Crippen molar-refractivity contribution in [3.8, 4) is 0 Å². The van der Waals surface area contributed by atoms with Gasteiger partial charge in [0.05, 0.1) is 6.10 Å². The van der Waals surface area contributed by atoms with Crippen molar-refractivity contribution in [3.63, 3.8) is 0 Å². The number of ether oxygens (including phenoxy) is 1. The van der Waals surface area contributed by atoms with Gasteiger partial charge in [-0.25, -0.2) is 0 Å². The number of hydrogen-bond acceptors (Lipinski definition) is 2. The third-order valence-electron chi connectivity index (χ3n) is 2.62. The number of aliphatic hydroxyl groups excluding tert-OH is 1. The summed E-state index contributed by atoms with van der Waals surface area (Å²) in [5, 5.41) is 10.7. The lowest BCUT2D eigenvalue weighted by Crippen LogP contribution is -2.20. The Balaban J connectivity index is 3.04. The highest BCUT2D eigenvalue weighted by Gasteiger charge is 2.22. The van der Waals surface area contributed by atoms with Gasteiger partial charge in [0.1, 0.15) is 6.10 Å². The first-order valence-electron chi connectivity index (χ1n) is 5.07. The largest absolute Gasteiger partial charge is 0.386 e. The van der Waals surface area contributed by atoms with Crippen LogP contribution in [0.1, 0.15) is 30.6 Å². The molecule has 1 aromatic rings. The molecule has 84 valence electrons. The summed E-state index contributed by atoms with van der Waals surface area (Å²) in [7, 11) is 1.60. The van der Waals surface area contributed by atoms with Crippen LogP contribution in [0.2, 0.25) is 5.02 Å². The standard InChI is InChI=1S/C12H17ClO2/c1-4-10(15-3)12(14)11-8(2)6-5-7-9(11)13/h5-7,10,12,14H,4H2,1-3H3/t10-,12+/m1/s1. The first-order chi connectivity index (χ1) is 7.11.